The van der Waals surface area contributed by atoms with Crippen molar-refractivity contribution in [3.05, 3.63) is 35.4 Å². The third-order valence-corrected chi connectivity index (χ3v) is 3.95. The number of carbonyl (C=O) groups excluding carboxylic acids is 1. The molecule has 1 aromatic carbocycles. The average Bonchev–Trinajstić information content (AvgIpc) is 2.72. The normalized spacial score (nSPS) is 30.1. The van der Waals surface area contributed by atoms with Crippen molar-refractivity contribution in [2.75, 3.05) is 14.1 Å². The Labute approximate surface area is 105 Å². The molecule has 0 bridgehead atoms. The number of amides is 1. The number of benzene rings is 1. The number of hydrazone groups is 1. The fraction of sp³-hybridized carbons (Fsp3) is 0.385. The number of likely N-dealkylation sites (N-methyl/N-ethyl adjacent to an activating group) is 2. The summed E-state index contributed by atoms with van der Waals surface area (Å²) in [6.45, 7) is 1.77. The lowest BCUT2D eigenvalue weighted by Crippen LogP contribution is -2.56. The van der Waals surface area contributed by atoms with Crippen molar-refractivity contribution in [2.45, 2.75) is 18.7 Å². The molecule has 2 aliphatic heterocycles. The van der Waals surface area contributed by atoms with E-state index in [0.29, 0.717) is 11.3 Å². The molecule has 5 heteroatoms. The summed E-state index contributed by atoms with van der Waals surface area (Å²) in [6.07, 6.45) is -0.805. The number of fused-ring (bicyclic) bond motifs is 2. The van der Waals surface area contributed by atoms with Crippen LogP contribution in [0.5, 0.6) is 0 Å². The molecular formula is C13H15N3O2. The summed E-state index contributed by atoms with van der Waals surface area (Å²) in [5, 5.41) is 16.5. The molecule has 1 N–H and O–H groups in total. The van der Waals surface area contributed by atoms with Crippen LogP contribution in [0.1, 0.15) is 22.8 Å². The summed E-state index contributed by atoms with van der Waals surface area (Å²) in [7, 11) is 3.49. The molecule has 0 aromatic heterocycles. The van der Waals surface area contributed by atoms with E-state index in [1.54, 1.807) is 37.0 Å². The van der Waals surface area contributed by atoms with E-state index < -0.39 is 11.8 Å². The van der Waals surface area contributed by atoms with E-state index >= 15 is 0 Å². The van der Waals surface area contributed by atoms with Crippen molar-refractivity contribution in [3.63, 3.8) is 0 Å². The molecule has 2 atom stereocenters. The molecule has 0 fully saturated rings. The summed E-state index contributed by atoms with van der Waals surface area (Å²) in [5.41, 5.74) is 1.18. The Morgan fingerprint density at radius 2 is 2.00 bits per heavy atom. The van der Waals surface area contributed by atoms with Crippen LogP contribution in [0.2, 0.25) is 0 Å². The molecule has 0 saturated carbocycles. The van der Waals surface area contributed by atoms with Gasteiger partial charge in [0.05, 0.1) is 5.71 Å². The molecule has 1 amide bonds. The number of hydrogen-bond acceptors (Lipinski definition) is 4. The van der Waals surface area contributed by atoms with Gasteiger partial charge in [-0.2, -0.15) is 5.10 Å². The second kappa shape index (κ2) is 3.32. The van der Waals surface area contributed by atoms with Gasteiger partial charge in [0.25, 0.3) is 5.91 Å². The van der Waals surface area contributed by atoms with Crippen LogP contribution in [0.15, 0.2) is 29.4 Å². The maximum Gasteiger partial charge on any atom is 0.256 e. The highest BCUT2D eigenvalue weighted by Crippen LogP contribution is 2.45. The Bertz CT molecular complexity index is 569. The van der Waals surface area contributed by atoms with Gasteiger partial charge in [-0.05, 0) is 13.0 Å². The lowest BCUT2D eigenvalue weighted by atomic mass is 9.91. The Morgan fingerprint density at radius 1 is 1.33 bits per heavy atom. The predicted octanol–water partition coefficient (Wildman–Crippen LogP) is 0.607. The van der Waals surface area contributed by atoms with Gasteiger partial charge in [-0.25, -0.2) is 0 Å². The third-order valence-electron chi connectivity index (χ3n) is 3.95. The SMILES string of the molecule is CC1=NN(C)[C@@]2(c3ccccc3C(=O)N2C)C1O. The number of rotatable bonds is 0. The average molecular weight is 245 g/mol. The molecule has 94 valence electrons. The van der Waals surface area contributed by atoms with Crippen LogP contribution in [0.4, 0.5) is 0 Å². The molecule has 1 aromatic rings. The van der Waals surface area contributed by atoms with Gasteiger partial charge in [0.1, 0.15) is 6.10 Å². The highest BCUT2D eigenvalue weighted by atomic mass is 16.3. The van der Waals surface area contributed by atoms with Crippen molar-refractivity contribution in [2.24, 2.45) is 5.10 Å². The standard InChI is InChI=1S/C13H15N3O2/c1-8-11(17)13(16(3)14-8)10-7-5-4-6-9(10)12(18)15(13)2/h4-7,11,17H,1-3H3/t11?,13-/m0/s1. The minimum Gasteiger partial charge on any atom is -0.382 e. The number of hydrogen-bond donors (Lipinski definition) is 1. The molecular weight excluding hydrogens is 230 g/mol. The lowest BCUT2D eigenvalue weighted by Gasteiger charge is -2.40. The molecule has 18 heavy (non-hydrogen) atoms. The van der Waals surface area contributed by atoms with Gasteiger partial charge in [-0.1, -0.05) is 18.2 Å². The van der Waals surface area contributed by atoms with Crippen LogP contribution >= 0.6 is 0 Å². The lowest BCUT2D eigenvalue weighted by molar-refractivity contribution is -0.0541. The first-order chi connectivity index (χ1) is 8.51. The van der Waals surface area contributed by atoms with Crippen LogP contribution in [-0.4, -0.2) is 46.8 Å². The zero-order chi connectivity index (χ0) is 13.1. The van der Waals surface area contributed by atoms with Gasteiger partial charge >= 0.3 is 0 Å². The Balaban J connectivity index is 2.28. The summed E-state index contributed by atoms with van der Waals surface area (Å²) >= 11 is 0. The van der Waals surface area contributed by atoms with Gasteiger partial charge in [-0.15, -0.1) is 0 Å². The first kappa shape index (κ1) is 11.2. The van der Waals surface area contributed by atoms with Crippen molar-refractivity contribution in [1.29, 1.82) is 0 Å². The van der Waals surface area contributed by atoms with E-state index in [4.69, 9.17) is 0 Å². The van der Waals surface area contributed by atoms with Crippen LogP contribution in [-0.2, 0) is 5.66 Å². The molecule has 1 unspecified atom stereocenters. The van der Waals surface area contributed by atoms with Crippen molar-refractivity contribution >= 4 is 11.6 Å². The van der Waals surface area contributed by atoms with Crippen molar-refractivity contribution < 1.29 is 9.90 Å². The number of carbonyl (C=O) groups is 1. The fourth-order valence-corrected chi connectivity index (χ4v) is 3.06. The zero-order valence-electron chi connectivity index (χ0n) is 10.6. The minimum absolute atomic E-state index is 0.0820. The van der Waals surface area contributed by atoms with Crippen molar-refractivity contribution in [3.8, 4) is 0 Å². The Kier molecular flexibility index (Phi) is 2.07. The first-order valence-electron chi connectivity index (χ1n) is 5.86. The maximum atomic E-state index is 12.3. The van der Waals surface area contributed by atoms with Crippen LogP contribution < -0.4 is 0 Å². The van der Waals surface area contributed by atoms with Gasteiger partial charge in [-0.3, -0.25) is 9.80 Å². The topological polar surface area (TPSA) is 56.1 Å². The van der Waals surface area contributed by atoms with E-state index in [2.05, 4.69) is 5.10 Å². The van der Waals surface area contributed by atoms with E-state index in [1.807, 2.05) is 18.2 Å². The molecule has 0 saturated heterocycles. The van der Waals surface area contributed by atoms with Crippen LogP contribution in [0.25, 0.3) is 0 Å². The minimum atomic E-state index is -0.891. The number of nitrogens with zero attached hydrogens (tertiary/aromatic N) is 3. The summed E-state index contributed by atoms with van der Waals surface area (Å²) in [5.74, 6) is -0.0820. The molecule has 2 heterocycles. The zero-order valence-corrected chi connectivity index (χ0v) is 10.6. The Hall–Kier alpha value is -1.88. The van der Waals surface area contributed by atoms with E-state index in [0.717, 1.165) is 5.56 Å². The smallest absolute Gasteiger partial charge is 0.256 e. The Morgan fingerprint density at radius 3 is 2.61 bits per heavy atom. The van der Waals surface area contributed by atoms with Gasteiger partial charge in [0.2, 0.25) is 0 Å². The van der Waals surface area contributed by atoms with Crippen molar-refractivity contribution in [1.82, 2.24) is 9.91 Å². The highest BCUT2D eigenvalue weighted by molar-refractivity contribution is 6.02. The third kappa shape index (κ3) is 1.01. The predicted molar refractivity (Wildman–Crippen MR) is 67.1 cm³/mol. The van der Waals surface area contributed by atoms with Gasteiger partial charge < -0.3 is 10.0 Å². The quantitative estimate of drug-likeness (QED) is 0.728. The number of aliphatic hydroxyl groups excluding tert-OH is 1. The molecule has 2 aliphatic rings. The van der Waals surface area contributed by atoms with Gasteiger partial charge in [0, 0.05) is 25.2 Å². The van der Waals surface area contributed by atoms with E-state index in [9.17, 15) is 9.90 Å². The second-order valence-corrected chi connectivity index (χ2v) is 4.80. The summed E-state index contributed by atoms with van der Waals surface area (Å²) in [6, 6.07) is 7.38. The molecule has 3 rings (SSSR count). The largest absolute Gasteiger partial charge is 0.382 e. The maximum absolute atomic E-state index is 12.3. The molecule has 1 spiro atoms. The van der Waals surface area contributed by atoms with E-state index in [-0.39, 0.29) is 5.91 Å². The molecule has 5 nitrogen and oxygen atoms in total. The highest BCUT2D eigenvalue weighted by Gasteiger charge is 2.59. The number of aliphatic hydroxyl groups is 1. The fourth-order valence-electron chi connectivity index (χ4n) is 3.06. The van der Waals surface area contributed by atoms with E-state index in [1.165, 1.54) is 0 Å². The molecule has 0 aliphatic carbocycles. The second-order valence-electron chi connectivity index (χ2n) is 4.80. The summed E-state index contributed by atoms with van der Waals surface area (Å²) < 4.78 is 0. The van der Waals surface area contributed by atoms with Gasteiger partial charge in [0.15, 0.2) is 5.66 Å². The summed E-state index contributed by atoms with van der Waals surface area (Å²) in [4.78, 5) is 13.9. The van der Waals surface area contributed by atoms with Crippen LogP contribution in [0.3, 0.4) is 0 Å². The monoisotopic (exact) mass is 245 g/mol. The first-order valence-corrected chi connectivity index (χ1v) is 5.86. The van der Waals surface area contributed by atoms with Crippen LogP contribution in [0, 0.1) is 0 Å². The molecule has 0 radical (unpaired) electrons.